The van der Waals surface area contributed by atoms with Crippen LogP contribution in [0.25, 0.3) is 0 Å². The van der Waals surface area contributed by atoms with E-state index in [2.05, 4.69) is 138 Å². The Hall–Kier alpha value is -2.03. The van der Waals surface area contributed by atoms with Gasteiger partial charge in [0.05, 0.1) is 6.10 Å². The van der Waals surface area contributed by atoms with Crippen LogP contribution in [0.1, 0.15) is 78.2 Å². The molecule has 0 fully saturated rings. The number of unbranched alkanes of at least 4 members (excludes halogenated alkanes) is 3. The van der Waals surface area contributed by atoms with E-state index in [1.165, 1.54) is 47.7 Å². The predicted octanol–water partition coefficient (Wildman–Crippen LogP) is 9.62. The molecule has 0 amide bonds. The molecule has 0 spiro atoms. The summed E-state index contributed by atoms with van der Waals surface area (Å²) in [6, 6.07) is 34.3. The van der Waals surface area contributed by atoms with Gasteiger partial charge in [-0.05, 0) is 59.6 Å². The van der Waals surface area contributed by atoms with Crippen molar-refractivity contribution in [3.05, 3.63) is 96.6 Å². The fourth-order valence-corrected chi connectivity index (χ4v) is 11.5. The maximum absolute atomic E-state index is 7.63. The number of ether oxygens (including phenoxy) is 2. The molecule has 44 heavy (non-hydrogen) atoms. The molecule has 0 aromatic heterocycles. The molecule has 2 atom stereocenters. The maximum Gasteiger partial charge on any atom is 0.261 e. The third-order valence-corrected chi connectivity index (χ3v) is 15.5. The third-order valence-electron chi connectivity index (χ3n) is 8.68. The molecule has 3 nitrogen and oxygen atoms in total. The Bertz CT molecular complexity index is 1120. The number of hydrogen-bond donors (Lipinski definition) is 0. The molecule has 0 saturated heterocycles. The Balaban J connectivity index is 1.63. The molecular formula is C39H60O3Si2. The van der Waals surface area contributed by atoms with Gasteiger partial charge in [0.25, 0.3) is 8.32 Å². The molecule has 0 bridgehead atoms. The van der Waals surface area contributed by atoms with Gasteiger partial charge >= 0.3 is 0 Å². The van der Waals surface area contributed by atoms with Crippen LogP contribution >= 0.6 is 0 Å². The normalized spacial score (nSPS) is 14.0. The van der Waals surface area contributed by atoms with E-state index in [4.69, 9.17) is 13.9 Å². The van der Waals surface area contributed by atoms with Gasteiger partial charge in [-0.2, -0.15) is 0 Å². The van der Waals surface area contributed by atoms with Crippen LogP contribution in [-0.2, 0) is 20.3 Å². The van der Waals surface area contributed by atoms with E-state index in [1.54, 1.807) is 0 Å². The van der Waals surface area contributed by atoms with Crippen molar-refractivity contribution < 1.29 is 13.9 Å². The van der Waals surface area contributed by atoms with Crippen LogP contribution in [0.3, 0.4) is 0 Å². The lowest BCUT2D eigenvalue weighted by Gasteiger charge is -2.45. The van der Waals surface area contributed by atoms with E-state index in [9.17, 15) is 0 Å². The van der Waals surface area contributed by atoms with Gasteiger partial charge in [-0.15, -0.1) is 0 Å². The van der Waals surface area contributed by atoms with E-state index in [0.717, 1.165) is 32.3 Å². The second-order valence-electron chi connectivity index (χ2n) is 14.7. The lowest BCUT2D eigenvalue weighted by molar-refractivity contribution is -0.0828. The van der Waals surface area contributed by atoms with Gasteiger partial charge < -0.3 is 13.9 Å². The average molecular weight is 633 g/mol. The van der Waals surface area contributed by atoms with Gasteiger partial charge in [-0.3, -0.25) is 0 Å². The lowest BCUT2D eigenvalue weighted by atomic mass is 10.0. The Morgan fingerprint density at radius 3 is 1.70 bits per heavy atom. The first-order valence-corrected chi connectivity index (χ1v) is 22.6. The van der Waals surface area contributed by atoms with Gasteiger partial charge in [-0.1, -0.05) is 157 Å². The number of rotatable bonds is 20. The molecule has 0 heterocycles. The monoisotopic (exact) mass is 632 g/mol. The first-order valence-electron chi connectivity index (χ1n) is 17.0. The number of hydrogen-bond acceptors (Lipinski definition) is 3. The van der Waals surface area contributed by atoms with Gasteiger partial charge in [0, 0.05) is 20.8 Å². The minimum Gasteiger partial charge on any atom is -0.404 e. The second-order valence-corrected chi connectivity index (χ2v) is 24.6. The molecule has 3 aromatic carbocycles. The molecule has 0 N–H and O–H groups in total. The fraction of sp³-hybridized carbons (Fsp3) is 0.538. The summed E-state index contributed by atoms with van der Waals surface area (Å²) in [5.41, 5.74) is 1.39. The molecule has 0 aliphatic carbocycles. The predicted molar refractivity (Wildman–Crippen MR) is 194 cm³/mol. The molecule has 0 saturated carbocycles. The first kappa shape index (κ1) is 36.4. The zero-order chi connectivity index (χ0) is 31.9. The molecule has 0 aliphatic heterocycles. The van der Waals surface area contributed by atoms with E-state index in [1.807, 2.05) is 0 Å². The van der Waals surface area contributed by atoms with Gasteiger partial charge in [0.2, 0.25) is 0 Å². The van der Waals surface area contributed by atoms with Crippen molar-refractivity contribution in [1.29, 1.82) is 0 Å². The van der Waals surface area contributed by atoms with Gasteiger partial charge in [0.15, 0.2) is 0 Å². The van der Waals surface area contributed by atoms with Crippen molar-refractivity contribution in [2.45, 2.75) is 122 Å². The minimum absolute atomic E-state index is 0.0186. The largest absolute Gasteiger partial charge is 0.404 e. The van der Waals surface area contributed by atoms with E-state index in [-0.39, 0.29) is 17.2 Å². The van der Waals surface area contributed by atoms with Crippen LogP contribution in [0, 0.1) is 0 Å². The van der Waals surface area contributed by atoms with Crippen LogP contribution < -0.4 is 10.4 Å². The highest BCUT2D eigenvalue weighted by Gasteiger charge is 2.51. The van der Waals surface area contributed by atoms with Crippen LogP contribution in [0.15, 0.2) is 91.0 Å². The summed E-state index contributed by atoms with van der Waals surface area (Å²) in [6.45, 7) is 17.7. The highest BCUT2D eigenvalue weighted by atomic mass is 28.4. The summed E-state index contributed by atoms with van der Waals surface area (Å²) in [4.78, 5) is 0. The Kier molecular flexibility index (Phi) is 15.1. The maximum atomic E-state index is 7.63. The molecule has 3 aromatic rings. The quantitative estimate of drug-likeness (QED) is 0.0705. The lowest BCUT2D eigenvalue weighted by Crippen LogP contribution is -2.67. The number of aryl methyl sites for hydroxylation is 1. The Morgan fingerprint density at radius 1 is 0.659 bits per heavy atom. The van der Waals surface area contributed by atoms with Crippen LogP contribution in [-0.4, -0.2) is 42.0 Å². The first-order chi connectivity index (χ1) is 21.0. The van der Waals surface area contributed by atoms with Crippen molar-refractivity contribution >= 4 is 26.8 Å². The molecule has 5 heteroatoms. The van der Waals surface area contributed by atoms with Crippen LogP contribution in [0.5, 0.6) is 0 Å². The summed E-state index contributed by atoms with van der Waals surface area (Å²) in [6.07, 6.45) is 9.56. The fourth-order valence-electron chi connectivity index (χ4n) is 6.02. The average Bonchev–Trinajstić information content (AvgIpc) is 3.00. The smallest absolute Gasteiger partial charge is 0.261 e. The molecule has 242 valence electrons. The SMILES string of the molecule is C[C@H](CCCCCC[C@H](CCc1ccccc1)O[Si](c1ccccc1)(c1ccccc1)C(C)(C)C)OCOCC[Si](C)(C)C. The van der Waals surface area contributed by atoms with Crippen molar-refractivity contribution in [2.75, 3.05) is 13.4 Å². The molecule has 0 unspecified atom stereocenters. The molecule has 0 radical (unpaired) electrons. The molecule has 3 rings (SSSR count). The zero-order valence-electron chi connectivity index (χ0n) is 28.8. The number of benzene rings is 3. The van der Waals surface area contributed by atoms with Gasteiger partial charge in [0.1, 0.15) is 6.79 Å². The highest BCUT2D eigenvalue weighted by molar-refractivity contribution is 6.99. The van der Waals surface area contributed by atoms with Crippen LogP contribution in [0.2, 0.25) is 30.7 Å². The van der Waals surface area contributed by atoms with Gasteiger partial charge in [-0.25, -0.2) is 0 Å². The van der Waals surface area contributed by atoms with E-state index >= 15 is 0 Å². The van der Waals surface area contributed by atoms with Crippen molar-refractivity contribution in [2.24, 2.45) is 0 Å². The minimum atomic E-state index is -2.60. The summed E-state index contributed by atoms with van der Waals surface area (Å²) in [7, 11) is -3.64. The van der Waals surface area contributed by atoms with Crippen molar-refractivity contribution in [1.82, 2.24) is 0 Å². The third kappa shape index (κ3) is 12.1. The molecule has 0 aliphatic rings. The molecular weight excluding hydrogens is 573 g/mol. The zero-order valence-corrected chi connectivity index (χ0v) is 30.8. The van der Waals surface area contributed by atoms with Crippen LogP contribution in [0.4, 0.5) is 0 Å². The second kappa shape index (κ2) is 18.2. The Morgan fingerprint density at radius 2 is 1.18 bits per heavy atom. The summed E-state index contributed by atoms with van der Waals surface area (Å²) in [5.74, 6) is 0. The standard InChI is InChI=1S/C39H60O3Si2/c1-34(41-33-40-31-32-43(5,6)7)21-13-8-9-16-24-36(30-29-35-22-14-10-15-23-35)42-44(39(2,3)4,37-25-17-11-18-26-37)38-27-19-12-20-28-38/h10-12,14-15,17-20,22-23,25-28,34,36H,8-9,13,16,21,24,29-33H2,1-7H3/t34-,36-/m1/s1. The Labute approximate surface area is 271 Å². The summed E-state index contributed by atoms with van der Waals surface area (Å²) in [5, 5.41) is 2.71. The summed E-state index contributed by atoms with van der Waals surface area (Å²) >= 11 is 0. The topological polar surface area (TPSA) is 27.7 Å². The van der Waals surface area contributed by atoms with Crippen molar-refractivity contribution in [3.8, 4) is 0 Å². The van der Waals surface area contributed by atoms with E-state index < -0.39 is 16.4 Å². The highest BCUT2D eigenvalue weighted by Crippen LogP contribution is 2.38. The van der Waals surface area contributed by atoms with E-state index in [0.29, 0.717) is 6.79 Å². The van der Waals surface area contributed by atoms with Crippen molar-refractivity contribution in [3.63, 3.8) is 0 Å². The summed E-state index contributed by atoms with van der Waals surface area (Å²) < 4.78 is 19.3.